The monoisotopic (exact) mass is 408 g/mol. The Morgan fingerprint density at radius 3 is 2.61 bits per heavy atom. The summed E-state index contributed by atoms with van der Waals surface area (Å²) in [5.74, 6) is -0.250. The van der Waals surface area contributed by atoms with Crippen molar-refractivity contribution in [2.24, 2.45) is 5.92 Å². The number of aryl methyl sites for hydroxylation is 1. The standard InChI is InChI=1S/C20H25FN4O2.ClH/c1-14-13-18(26)19(23-25(14)17-6-4-3-5-16(17)21)20(27)24-11-8-15(9-12-24)7-10-22-2;/h3-6,13,15,22H,7-12H2,1-2H3;1H. The Kier molecular flexibility index (Phi) is 7.71. The molecule has 0 unspecified atom stereocenters. The van der Waals surface area contributed by atoms with Gasteiger partial charge in [0.05, 0.1) is 0 Å². The molecule has 1 N–H and O–H groups in total. The number of piperidine rings is 1. The molecule has 28 heavy (non-hydrogen) atoms. The van der Waals surface area contributed by atoms with Crippen molar-refractivity contribution >= 4 is 18.3 Å². The molecule has 8 heteroatoms. The highest BCUT2D eigenvalue weighted by atomic mass is 35.5. The van der Waals surface area contributed by atoms with Crippen LogP contribution < -0.4 is 10.7 Å². The van der Waals surface area contributed by atoms with E-state index in [1.54, 1.807) is 30.0 Å². The summed E-state index contributed by atoms with van der Waals surface area (Å²) in [4.78, 5) is 26.9. The van der Waals surface area contributed by atoms with E-state index in [9.17, 15) is 14.0 Å². The number of para-hydroxylation sites is 1. The lowest BCUT2D eigenvalue weighted by molar-refractivity contribution is 0.0677. The van der Waals surface area contributed by atoms with E-state index in [1.807, 2.05) is 7.05 Å². The van der Waals surface area contributed by atoms with E-state index >= 15 is 0 Å². The maximum Gasteiger partial charge on any atom is 0.278 e. The third-order valence-corrected chi connectivity index (χ3v) is 5.10. The summed E-state index contributed by atoms with van der Waals surface area (Å²) in [5.41, 5.74) is 0.113. The second kappa shape index (κ2) is 9.80. The Morgan fingerprint density at radius 1 is 1.29 bits per heavy atom. The summed E-state index contributed by atoms with van der Waals surface area (Å²) < 4.78 is 15.5. The van der Waals surface area contributed by atoms with Crippen LogP contribution in [0.25, 0.3) is 5.69 Å². The number of aromatic nitrogens is 2. The number of halogens is 2. The van der Waals surface area contributed by atoms with E-state index < -0.39 is 11.2 Å². The first kappa shape index (κ1) is 22.0. The lowest BCUT2D eigenvalue weighted by atomic mass is 9.93. The molecule has 6 nitrogen and oxygen atoms in total. The van der Waals surface area contributed by atoms with Gasteiger partial charge in [0, 0.05) is 24.8 Å². The summed E-state index contributed by atoms with van der Waals surface area (Å²) in [6, 6.07) is 7.51. The summed E-state index contributed by atoms with van der Waals surface area (Å²) in [6.07, 6.45) is 2.92. The molecule has 2 aromatic rings. The van der Waals surface area contributed by atoms with Crippen LogP contribution in [0.15, 0.2) is 35.1 Å². The molecular weight excluding hydrogens is 383 g/mol. The minimum atomic E-state index is -0.458. The second-order valence-corrected chi connectivity index (χ2v) is 6.99. The highest BCUT2D eigenvalue weighted by Crippen LogP contribution is 2.21. The van der Waals surface area contributed by atoms with Crippen LogP contribution in [0.5, 0.6) is 0 Å². The van der Waals surface area contributed by atoms with Crippen LogP contribution in [0.3, 0.4) is 0 Å². The molecule has 0 atom stereocenters. The predicted molar refractivity (Wildman–Crippen MR) is 109 cm³/mol. The first-order chi connectivity index (χ1) is 13.0. The Labute approximate surface area is 170 Å². The number of nitrogens with zero attached hydrogens (tertiary/aromatic N) is 3. The fraction of sp³-hybridized carbons (Fsp3) is 0.450. The van der Waals surface area contributed by atoms with Gasteiger partial charge < -0.3 is 10.2 Å². The van der Waals surface area contributed by atoms with Gasteiger partial charge in [-0.2, -0.15) is 5.10 Å². The van der Waals surface area contributed by atoms with Crippen molar-refractivity contribution in [1.82, 2.24) is 20.0 Å². The molecule has 1 saturated heterocycles. The molecule has 2 heterocycles. The molecule has 0 bridgehead atoms. The number of rotatable bonds is 5. The molecule has 1 aromatic carbocycles. The molecule has 1 amide bonds. The van der Waals surface area contributed by atoms with Gasteiger partial charge in [-0.25, -0.2) is 9.07 Å². The molecule has 1 aliphatic rings. The lowest BCUT2D eigenvalue weighted by Gasteiger charge is -2.31. The van der Waals surface area contributed by atoms with Crippen molar-refractivity contribution in [2.75, 3.05) is 26.7 Å². The Morgan fingerprint density at radius 2 is 1.96 bits per heavy atom. The smallest absolute Gasteiger partial charge is 0.278 e. The van der Waals surface area contributed by atoms with Crippen molar-refractivity contribution in [1.29, 1.82) is 0 Å². The van der Waals surface area contributed by atoms with E-state index in [1.165, 1.54) is 16.8 Å². The minimum Gasteiger partial charge on any atom is -0.337 e. The Bertz CT molecular complexity index is 879. The molecule has 1 fully saturated rings. The van der Waals surface area contributed by atoms with Crippen molar-refractivity contribution < 1.29 is 9.18 Å². The summed E-state index contributed by atoms with van der Waals surface area (Å²) in [7, 11) is 1.93. The van der Waals surface area contributed by atoms with Crippen LogP contribution in [0.4, 0.5) is 4.39 Å². The van der Waals surface area contributed by atoms with Crippen LogP contribution in [-0.2, 0) is 0 Å². The van der Waals surface area contributed by atoms with E-state index in [-0.39, 0.29) is 29.7 Å². The highest BCUT2D eigenvalue weighted by molar-refractivity contribution is 5.92. The van der Waals surface area contributed by atoms with E-state index in [0.717, 1.165) is 25.8 Å². The zero-order valence-electron chi connectivity index (χ0n) is 16.2. The Balaban J connectivity index is 0.00000280. The van der Waals surface area contributed by atoms with Crippen LogP contribution in [0.1, 0.15) is 35.4 Å². The van der Waals surface area contributed by atoms with E-state index in [2.05, 4.69) is 10.4 Å². The van der Waals surface area contributed by atoms with Crippen LogP contribution in [0.2, 0.25) is 0 Å². The zero-order valence-corrected chi connectivity index (χ0v) is 17.0. The maximum absolute atomic E-state index is 14.1. The molecule has 0 spiro atoms. The van der Waals surface area contributed by atoms with E-state index in [0.29, 0.717) is 24.7 Å². The predicted octanol–water partition coefficient (Wildman–Crippen LogP) is 2.56. The van der Waals surface area contributed by atoms with Gasteiger partial charge in [-0.1, -0.05) is 12.1 Å². The number of nitrogens with one attached hydrogen (secondary N) is 1. The number of benzene rings is 1. The van der Waals surface area contributed by atoms with Crippen molar-refractivity contribution in [3.8, 4) is 5.69 Å². The fourth-order valence-corrected chi connectivity index (χ4v) is 3.49. The average Bonchev–Trinajstić information content (AvgIpc) is 2.67. The van der Waals surface area contributed by atoms with Gasteiger partial charge in [0.15, 0.2) is 5.69 Å². The number of hydrogen-bond acceptors (Lipinski definition) is 4. The minimum absolute atomic E-state index is 0. The SMILES string of the molecule is CNCCC1CCN(C(=O)c2nn(-c3ccccc3F)c(C)cc2=O)CC1.Cl. The van der Waals surface area contributed by atoms with Gasteiger partial charge in [-0.05, 0) is 57.8 Å². The normalized spacial score (nSPS) is 14.6. The van der Waals surface area contributed by atoms with Gasteiger partial charge in [0.2, 0.25) is 5.43 Å². The van der Waals surface area contributed by atoms with Gasteiger partial charge >= 0.3 is 0 Å². The number of carbonyl (C=O) groups is 1. The van der Waals surface area contributed by atoms with Gasteiger partial charge in [-0.15, -0.1) is 12.4 Å². The Hall–Kier alpha value is -2.25. The number of hydrogen-bond donors (Lipinski definition) is 1. The third-order valence-electron chi connectivity index (χ3n) is 5.10. The summed E-state index contributed by atoms with van der Waals surface area (Å²) in [6.45, 7) is 3.86. The van der Waals surface area contributed by atoms with Crippen LogP contribution >= 0.6 is 12.4 Å². The molecule has 152 valence electrons. The van der Waals surface area contributed by atoms with Gasteiger partial charge in [-0.3, -0.25) is 9.59 Å². The number of carbonyl (C=O) groups excluding carboxylic acids is 1. The number of amides is 1. The van der Waals surface area contributed by atoms with E-state index in [4.69, 9.17) is 0 Å². The van der Waals surface area contributed by atoms with Crippen molar-refractivity contribution in [3.63, 3.8) is 0 Å². The van der Waals surface area contributed by atoms with Gasteiger partial charge in [0.25, 0.3) is 5.91 Å². The molecule has 0 saturated carbocycles. The average molecular weight is 409 g/mol. The van der Waals surface area contributed by atoms with Gasteiger partial charge in [0.1, 0.15) is 11.5 Å². The van der Waals surface area contributed by atoms with Crippen LogP contribution in [-0.4, -0.2) is 47.3 Å². The highest BCUT2D eigenvalue weighted by Gasteiger charge is 2.26. The van der Waals surface area contributed by atoms with Crippen molar-refractivity contribution in [2.45, 2.75) is 26.2 Å². The fourth-order valence-electron chi connectivity index (χ4n) is 3.49. The molecule has 1 aliphatic heterocycles. The second-order valence-electron chi connectivity index (χ2n) is 6.99. The molecule has 0 aliphatic carbocycles. The summed E-state index contributed by atoms with van der Waals surface area (Å²) in [5, 5.41) is 7.36. The summed E-state index contributed by atoms with van der Waals surface area (Å²) >= 11 is 0. The molecular formula is C20H26ClFN4O2. The quantitative estimate of drug-likeness (QED) is 0.825. The lowest BCUT2D eigenvalue weighted by Crippen LogP contribution is -2.41. The largest absolute Gasteiger partial charge is 0.337 e. The first-order valence-electron chi connectivity index (χ1n) is 9.31. The first-order valence-corrected chi connectivity index (χ1v) is 9.31. The van der Waals surface area contributed by atoms with Crippen molar-refractivity contribution in [3.05, 3.63) is 57.8 Å². The molecule has 0 radical (unpaired) electrons. The number of likely N-dealkylation sites (tertiary alicyclic amines) is 1. The molecule has 1 aromatic heterocycles. The van der Waals surface area contributed by atoms with Crippen LogP contribution in [0, 0.1) is 18.7 Å². The topological polar surface area (TPSA) is 67.2 Å². The molecule has 3 rings (SSSR count). The third kappa shape index (κ3) is 4.77. The zero-order chi connectivity index (χ0) is 19.4. The maximum atomic E-state index is 14.1.